The molecule has 1 aromatic rings. The van der Waals surface area contributed by atoms with Gasteiger partial charge in [0.15, 0.2) is 0 Å². The molecule has 1 N–H and O–H groups in total. The minimum absolute atomic E-state index is 0.143. The molecule has 1 rings (SSSR count). The highest BCUT2D eigenvalue weighted by molar-refractivity contribution is 4.94. The SMILES string of the molecule is CCNC(CCc1nccn1C)C(C)(C)OCC. The molecule has 0 aliphatic carbocycles. The molecule has 0 radical (unpaired) electrons. The highest BCUT2D eigenvalue weighted by atomic mass is 16.5. The van der Waals surface area contributed by atoms with Crippen molar-refractivity contribution in [1.29, 1.82) is 0 Å². The van der Waals surface area contributed by atoms with Gasteiger partial charge in [-0.25, -0.2) is 4.98 Å². The molecule has 1 heterocycles. The lowest BCUT2D eigenvalue weighted by Crippen LogP contribution is -2.49. The predicted molar refractivity (Wildman–Crippen MR) is 74.7 cm³/mol. The quantitative estimate of drug-likeness (QED) is 0.771. The summed E-state index contributed by atoms with van der Waals surface area (Å²) in [6.45, 7) is 10.2. The fraction of sp³-hybridized carbons (Fsp3) is 0.786. The van der Waals surface area contributed by atoms with Gasteiger partial charge in [0.1, 0.15) is 5.82 Å². The Morgan fingerprint density at radius 1 is 1.44 bits per heavy atom. The van der Waals surface area contributed by atoms with Gasteiger partial charge >= 0.3 is 0 Å². The lowest BCUT2D eigenvalue weighted by Gasteiger charge is -2.34. The molecule has 0 saturated heterocycles. The number of aromatic nitrogens is 2. The van der Waals surface area contributed by atoms with Gasteiger partial charge in [-0.05, 0) is 33.7 Å². The van der Waals surface area contributed by atoms with E-state index in [0.717, 1.165) is 31.8 Å². The summed E-state index contributed by atoms with van der Waals surface area (Å²) in [5.74, 6) is 1.13. The first-order valence-corrected chi connectivity index (χ1v) is 6.84. The van der Waals surface area contributed by atoms with Gasteiger partial charge in [0, 0.05) is 38.5 Å². The van der Waals surface area contributed by atoms with E-state index < -0.39 is 0 Å². The molecular formula is C14H27N3O. The normalized spacial score (nSPS) is 13.8. The molecule has 4 heteroatoms. The van der Waals surface area contributed by atoms with Crippen LogP contribution in [0.4, 0.5) is 0 Å². The molecular weight excluding hydrogens is 226 g/mol. The van der Waals surface area contributed by atoms with Crippen molar-refractivity contribution in [2.75, 3.05) is 13.2 Å². The molecule has 0 aromatic carbocycles. The first-order valence-electron chi connectivity index (χ1n) is 6.84. The van der Waals surface area contributed by atoms with Gasteiger partial charge in [-0.3, -0.25) is 0 Å². The highest BCUT2D eigenvalue weighted by Crippen LogP contribution is 2.19. The van der Waals surface area contributed by atoms with E-state index in [0.29, 0.717) is 6.04 Å². The Morgan fingerprint density at radius 2 is 2.17 bits per heavy atom. The van der Waals surface area contributed by atoms with Crippen molar-refractivity contribution in [3.63, 3.8) is 0 Å². The number of hydrogen-bond donors (Lipinski definition) is 1. The summed E-state index contributed by atoms with van der Waals surface area (Å²) in [4.78, 5) is 4.37. The van der Waals surface area contributed by atoms with Gasteiger partial charge < -0.3 is 14.6 Å². The van der Waals surface area contributed by atoms with Crippen LogP contribution in [-0.2, 0) is 18.2 Å². The van der Waals surface area contributed by atoms with Gasteiger partial charge in [0.05, 0.1) is 5.60 Å². The Kier molecular flexibility index (Phi) is 5.82. The molecule has 0 spiro atoms. The maximum absolute atomic E-state index is 5.85. The molecule has 18 heavy (non-hydrogen) atoms. The van der Waals surface area contributed by atoms with E-state index in [1.165, 1.54) is 0 Å². The number of ether oxygens (including phenoxy) is 1. The molecule has 0 saturated carbocycles. The van der Waals surface area contributed by atoms with E-state index in [1.807, 2.05) is 26.4 Å². The van der Waals surface area contributed by atoms with Crippen molar-refractivity contribution in [1.82, 2.24) is 14.9 Å². The largest absolute Gasteiger partial charge is 0.374 e. The van der Waals surface area contributed by atoms with E-state index in [-0.39, 0.29) is 5.60 Å². The fourth-order valence-corrected chi connectivity index (χ4v) is 2.33. The predicted octanol–water partition coefficient (Wildman–Crippen LogP) is 2.15. The molecule has 104 valence electrons. The van der Waals surface area contributed by atoms with Crippen LogP contribution in [0.5, 0.6) is 0 Å². The molecule has 4 nitrogen and oxygen atoms in total. The lowest BCUT2D eigenvalue weighted by atomic mass is 9.94. The lowest BCUT2D eigenvalue weighted by molar-refractivity contribution is -0.0397. The molecule has 1 aromatic heterocycles. The molecule has 0 aliphatic heterocycles. The van der Waals surface area contributed by atoms with Gasteiger partial charge in [-0.15, -0.1) is 0 Å². The van der Waals surface area contributed by atoms with Crippen LogP contribution in [0.1, 0.15) is 39.9 Å². The van der Waals surface area contributed by atoms with Crippen molar-refractivity contribution < 1.29 is 4.74 Å². The third-order valence-corrected chi connectivity index (χ3v) is 3.38. The Morgan fingerprint density at radius 3 is 2.67 bits per heavy atom. The minimum Gasteiger partial charge on any atom is -0.374 e. The number of nitrogens with zero attached hydrogens (tertiary/aromatic N) is 2. The third-order valence-electron chi connectivity index (χ3n) is 3.38. The summed E-state index contributed by atoms with van der Waals surface area (Å²) in [6, 6.07) is 0.346. The first-order chi connectivity index (χ1) is 8.51. The van der Waals surface area contributed by atoms with E-state index in [2.05, 4.69) is 35.6 Å². The Bertz CT molecular complexity index is 347. The van der Waals surface area contributed by atoms with Crippen LogP contribution in [0, 0.1) is 0 Å². The molecule has 0 amide bonds. The minimum atomic E-state index is -0.143. The summed E-state index contributed by atoms with van der Waals surface area (Å²) in [5, 5.41) is 3.53. The smallest absolute Gasteiger partial charge is 0.108 e. The van der Waals surface area contributed by atoms with Crippen LogP contribution in [0.15, 0.2) is 12.4 Å². The highest BCUT2D eigenvalue weighted by Gasteiger charge is 2.29. The topological polar surface area (TPSA) is 39.1 Å². The Hall–Kier alpha value is -0.870. The van der Waals surface area contributed by atoms with Gasteiger partial charge in [0.25, 0.3) is 0 Å². The summed E-state index contributed by atoms with van der Waals surface area (Å²) in [6.07, 6.45) is 5.85. The Balaban J connectivity index is 2.60. The van der Waals surface area contributed by atoms with Crippen molar-refractivity contribution in [3.05, 3.63) is 18.2 Å². The number of aryl methyl sites for hydroxylation is 2. The van der Waals surface area contributed by atoms with Crippen LogP contribution in [-0.4, -0.2) is 34.3 Å². The zero-order chi connectivity index (χ0) is 13.6. The average molecular weight is 253 g/mol. The molecule has 0 bridgehead atoms. The van der Waals surface area contributed by atoms with Crippen molar-refractivity contribution in [2.45, 2.75) is 52.2 Å². The maximum Gasteiger partial charge on any atom is 0.108 e. The second-order valence-corrected chi connectivity index (χ2v) is 5.14. The number of nitrogens with one attached hydrogen (secondary N) is 1. The van der Waals surface area contributed by atoms with Crippen LogP contribution in [0.2, 0.25) is 0 Å². The van der Waals surface area contributed by atoms with Crippen molar-refractivity contribution in [3.8, 4) is 0 Å². The van der Waals surface area contributed by atoms with Gasteiger partial charge in [0.2, 0.25) is 0 Å². The van der Waals surface area contributed by atoms with E-state index in [4.69, 9.17) is 4.74 Å². The maximum atomic E-state index is 5.85. The molecule has 0 fully saturated rings. The molecule has 1 atom stereocenters. The second kappa shape index (κ2) is 6.90. The van der Waals surface area contributed by atoms with Gasteiger partial charge in [-0.2, -0.15) is 0 Å². The standard InChI is InChI=1S/C14H27N3O/c1-6-15-12(14(3,4)18-7-2)8-9-13-16-10-11-17(13)5/h10-12,15H,6-9H2,1-5H3. The van der Waals surface area contributed by atoms with Gasteiger partial charge in [-0.1, -0.05) is 6.92 Å². The van der Waals surface area contributed by atoms with Crippen LogP contribution in [0.25, 0.3) is 0 Å². The number of rotatable bonds is 8. The summed E-state index contributed by atoms with van der Waals surface area (Å²) >= 11 is 0. The molecule has 0 aliphatic rings. The third kappa shape index (κ3) is 4.10. The summed E-state index contributed by atoms with van der Waals surface area (Å²) < 4.78 is 7.93. The zero-order valence-corrected chi connectivity index (χ0v) is 12.4. The van der Waals surface area contributed by atoms with E-state index in [9.17, 15) is 0 Å². The first kappa shape index (κ1) is 15.2. The zero-order valence-electron chi connectivity index (χ0n) is 12.4. The number of hydrogen-bond acceptors (Lipinski definition) is 3. The monoisotopic (exact) mass is 253 g/mol. The summed E-state index contributed by atoms with van der Waals surface area (Å²) in [7, 11) is 2.04. The Labute approximate surface area is 111 Å². The van der Waals surface area contributed by atoms with Crippen LogP contribution < -0.4 is 5.32 Å². The fourth-order valence-electron chi connectivity index (χ4n) is 2.33. The van der Waals surface area contributed by atoms with E-state index in [1.54, 1.807) is 0 Å². The van der Waals surface area contributed by atoms with Crippen LogP contribution in [0.3, 0.4) is 0 Å². The van der Waals surface area contributed by atoms with E-state index >= 15 is 0 Å². The summed E-state index contributed by atoms with van der Waals surface area (Å²) in [5.41, 5.74) is -0.143. The molecule has 1 unspecified atom stereocenters. The number of likely N-dealkylation sites (N-methyl/N-ethyl adjacent to an activating group) is 1. The number of imidazole rings is 1. The van der Waals surface area contributed by atoms with Crippen molar-refractivity contribution >= 4 is 0 Å². The van der Waals surface area contributed by atoms with Crippen LogP contribution >= 0.6 is 0 Å². The van der Waals surface area contributed by atoms with Crippen molar-refractivity contribution in [2.24, 2.45) is 7.05 Å². The average Bonchev–Trinajstić information content (AvgIpc) is 2.70. The second-order valence-electron chi connectivity index (χ2n) is 5.14.